The molecule has 0 saturated heterocycles. The maximum Gasteiger partial charge on any atom is 0.332 e. The Labute approximate surface area is 181 Å². The molecular weight excluding hydrogens is 420 g/mol. The van der Waals surface area contributed by atoms with Crippen LogP contribution in [0.2, 0.25) is 0 Å². The zero-order valence-electron chi connectivity index (χ0n) is 17.3. The van der Waals surface area contributed by atoms with Crippen LogP contribution in [0, 0.1) is 11.3 Å². The highest BCUT2D eigenvalue weighted by molar-refractivity contribution is 7.07. The number of nitrogens with zero attached hydrogens (tertiary/aromatic N) is 3. The number of fused-ring (bicyclic) bond motifs is 1. The Morgan fingerprint density at radius 2 is 2.03 bits per heavy atom. The Balaban J connectivity index is 2.50. The molecule has 2 aromatic rings. The first-order valence-corrected chi connectivity index (χ1v) is 9.88. The molecule has 1 unspecified atom stereocenters. The molecule has 0 fully saturated rings. The number of rotatable bonds is 4. The Kier molecular flexibility index (Phi) is 5.99. The number of allylic oxidation sites excluding steroid dienone is 1. The highest BCUT2D eigenvalue weighted by Gasteiger charge is 2.36. The van der Waals surface area contributed by atoms with E-state index in [1.165, 1.54) is 19.1 Å². The first kappa shape index (κ1) is 21.9. The van der Waals surface area contributed by atoms with Crippen LogP contribution in [0.3, 0.4) is 0 Å². The van der Waals surface area contributed by atoms with Gasteiger partial charge in [0.15, 0.2) is 0 Å². The van der Waals surface area contributed by atoms with Crippen molar-refractivity contribution >= 4 is 40.7 Å². The number of carbonyl (C=O) groups excluding carboxylic acids is 2. The van der Waals surface area contributed by atoms with E-state index in [0.717, 1.165) is 22.0 Å². The Bertz CT molecular complexity index is 1330. The van der Waals surface area contributed by atoms with E-state index in [-0.39, 0.29) is 26.2 Å². The highest BCUT2D eigenvalue weighted by Crippen LogP contribution is 2.37. The van der Waals surface area contributed by atoms with Gasteiger partial charge in [0.05, 0.1) is 37.4 Å². The molecule has 1 aromatic carbocycles. The van der Waals surface area contributed by atoms with Crippen molar-refractivity contribution in [3.05, 3.63) is 55.0 Å². The molecule has 1 amide bonds. The summed E-state index contributed by atoms with van der Waals surface area (Å²) in [6, 6.07) is 9.00. The normalized spacial score (nSPS) is 15.9. The number of aromatic nitrogens is 1. The minimum absolute atomic E-state index is 0.0393. The predicted octanol–water partition coefficient (Wildman–Crippen LogP) is -0.441. The summed E-state index contributed by atoms with van der Waals surface area (Å²) in [7, 11) is 5.85. The molecule has 9 nitrogen and oxygen atoms in total. The fourth-order valence-electron chi connectivity index (χ4n) is 3.32. The molecule has 31 heavy (non-hydrogen) atoms. The quantitative estimate of drug-likeness (QED) is 0.639. The van der Waals surface area contributed by atoms with Crippen molar-refractivity contribution in [1.82, 2.24) is 9.47 Å². The zero-order chi connectivity index (χ0) is 22.9. The van der Waals surface area contributed by atoms with Gasteiger partial charge in [0, 0.05) is 20.2 Å². The van der Waals surface area contributed by atoms with Crippen molar-refractivity contribution in [3.63, 3.8) is 0 Å². The number of thiazole rings is 1. The van der Waals surface area contributed by atoms with Crippen molar-refractivity contribution in [2.75, 3.05) is 28.3 Å². The van der Waals surface area contributed by atoms with E-state index < -0.39 is 23.4 Å². The van der Waals surface area contributed by atoms with Crippen LogP contribution in [0.15, 0.2) is 34.6 Å². The van der Waals surface area contributed by atoms with Gasteiger partial charge in [-0.3, -0.25) is 14.2 Å². The zero-order valence-corrected chi connectivity index (χ0v) is 18.1. The molecule has 2 N–H and O–H groups in total. The number of carbonyl (C=O) groups is 2. The van der Waals surface area contributed by atoms with Crippen LogP contribution in [-0.4, -0.2) is 49.7 Å². The summed E-state index contributed by atoms with van der Waals surface area (Å²) in [4.78, 5) is 39.3. The number of amides is 1. The third kappa shape index (κ3) is 3.71. The second-order valence-corrected chi connectivity index (χ2v) is 7.84. The molecule has 1 aliphatic rings. The van der Waals surface area contributed by atoms with Gasteiger partial charge in [-0.15, -0.1) is 11.3 Å². The van der Waals surface area contributed by atoms with E-state index in [9.17, 15) is 19.6 Å². The maximum atomic E-state index is 13.2. The number of benzene rings is 1. The van der Waals surface area contributed by atoms with Crippen LogP contribution in [0.1, 0.15) is 11.5 Å². The summed E-state index contributed by atoms with van der Waals surface area (Å²) in [6.07, 6.45) is 1.04. The number of ether oxygens (including phenoxy) is 2. The maximum absolute atomic E-state index is 13.2. The van der Waals surface area contributed by atoms with Crippen LogP contribution < -0.4 is 25.2 Å². The van der Waals surface area contributed by atoms with Crippen molar-refractivity contribution in [1.29, 1.82) is 5.26 Å². The van der Waals surface area contributed by atoms with Crippen LogP contribution in [0.4, 0.5) is 0 Å². The third-order valence-electron chi connectivity index (χ3n) is 4.78. The van der Waals surface area contributed by atoms with E-state index in [1.807, 2.05) is 0 Å². The van der Waals surface area contributed by atoms with E-state index >= 15 is 0 Å². The van der Waals surface area contributed by atoms with Crippen molar-refractivity contribution in [2.24, 2.45) is 5.73 Å². The largest absolute Gasteiger partial charge is 0.497 e. The molecule has 0 aliphatic carbocycles. The van der Waals surface area contributed by atoms with Gasteiger partial charge < -0.3 is 20.1 Å². The first-order valence-electron chi connectivity index (χ1n) is 9.06. The van der Waals surface area contributed by atoms with Crippen LogP contribution in [0.25, 0.3) is 17.5 Å². The van der Waals surface area contributed by atoms with Gasteiger partial charge in [-0.2, -0.15) is 5.26 Å². The van der Waals surface area contributed by atoms with Gasteiger partial charge in [-0.25, -0.2) is 4.79 Å². The first-order chi connectivity index (χ1) is 14.7. The number of hydrogen-bond donors (Lipinski definition) is 1. The van der Waals surface area contributed by atoms with Gasteiger partial charge in [0.25, 0.3) is 11.5 Å². The monoisotopic (exact) mass is 440 g/mol. The summed E-state index contributed by atoms with van der Waals surface area (Å²) in [6.45, 7) is 0. The molecule has 3 rings (SSSR count). The average molecular weight is 440 g/mol. The number of nitriles is 1. The molecule has 1 aliphatic heterocycles. The van der Waals surface area contributed by atoms with Crippen LogP contribution >= 0.6 is 11.3 Å². The lowest BCUT2D eigenvalue weighted by atomic mass is 9.83. The SMILES string of the molecule is COC(=O)C=c1sc2n(c1=O)C(N)=C(C#N)C(c1cccc(OC)c1)C=2C(=O)N(C)C. The second kappa shape index (κ2) is 8.49. The van der Waals surface area contributed by atoms with Crippen molar-refractivity contribution in [3.8, 4) is 11.8 Å². The summed E-state index contributed by atoms with van der Waals surface area (Å²) >= 11 is 0.939. The number of nitrogens with two attached hydrogens (primary N) is 1. The molecule has 1 atom stereocenters. The van der Waals surface area contributed by atoms with E-state index in [0.29, 0.717) is 11.3 Å². The molecule has 0 saturated carbocycles. The third-order valence-corrected chi connectivity index (χ3v) is 5.89. The Morgan fingerprint density at radius 3 is 2.61 bits per heavy atom. The second-order valence-electron chi connectivity index (χ2n) is 6.81. The minimum atomic E-state index is -0.820. The summed E-state index contributed by atoms with van der Waals surface area (Å²) in [5.74, 6) is -1.49. The number of esters is 1. The minimum Gasteiger partial charge on any atom is -0.497 e. The molecule has 2 heterocycles. The van der Waals surface area contributed by atoms with Crippen molar-refractivity contribution < 1.29 is 19.1 Å². The molecule has 1 aromatic heterocycles. The molecule has 0 bridgehead atoms. The molecule has 0 radical (unpaired) electrons. The molecule has 0 spiro atoms. The van der Waals surface area contributed by atoms with Gasteiger partial charge in [0.1, 0.15) is 20.8 Å². The summed E-state index contributed by atoms with van der Waals surface area (Å²) in [5.41, 5.74) is 6.50. The lowest BCUT2D eigenvalue weighted by Crippen LogP contribution is -2.41. The number of hydrogen-bond acceptors (Lipinski definition) is 8. The molecular formula is C21H20N4O5S. The van der Waals surface area contributed by atoms with Gasteiger partial charge in [-0.1, -0.05) is 12.1 Å². The summed E-state index contributed by atoms with van der Waals surface area (Å²) in [5, 5.41) is 9.91. The van der Waals surface area contributed by atoms with Gasteiger partial charge in [0.2, 0.25) is 0 Å². The lowest BCUT2D eigenvalue weighted by molar-refractivity contribution is -0.133. The Morgan fingerprint density at radius 1 is 1.32 bits per heavy atom. The van der Waals surface area contributed by atoms with Gasteiger partial charge in [-0.05, 0) is 17.7 Å². The molecule has 160 valence electrons. The van der Waals surface area contributed by atoms with Crippen LogP contribution in [0.5, 0.6) is 5.75 Å². The molecule has 10 heteroatoms. The Hall–Kier alpha value is -3.84. The predicted molar refractivity (Wildman–Crippen MR) is 115 cm³/mol. The average Bonchev–Trinajstić information content (AvgIpc) is 3.08. The fraction of sp³-hybridized carbons (Fsp3) is 0.238. The van der Waals surface area contributed by atoms with Crippen molar-refractivity contribution in [2.45, 2.75) is 5.92 Å². The fourth-order valence-corrected chi connectivity index (χ4v) is 4.45. The van der Waals surface area contributed by atoms with Gasteiger partial charge >= 0.3 is 5.97 Å². The lowest BCUT2D eigenvalue weighted by Gasteiger charge is -2.27. The van der Waals surface area contributed by atoms with E-state index in [1.54, 1.807) is 38.4 Å². The summed E-state index contributed by atoms with van der Waals surface area (Å²) < 4.78 is 11.3. The van der Waals surface area contributed by atoms with E-state index in [2.05, 4.69) is 10.8 Å². The number of methoxy groups -OCH3 is 2. The highest BCUT2D eigenvalue weighted by atomic mass is 32.1. The topological polar surface area (TPSA) is 128 Å². The standard InChI is InChI=1S/C21H20N4O5S/c1-24(2)20(28)17-16(11-6-5-7-12(8-11)29-3)13(10-22)18(23)25-19(27)14(31-21(17)25)9-15(26)30-4/h5-9,16H,23H2,1-4H3. The smallest absolute Gasteiger partial charge is 0.332 e. The van der Waals surface area contributed by atoms with Crippen LogP contribution in [-0.2, 0) is 14.3 Å². The van der Waals surface area contributed by atoms with E-state index in [4.69, 9.17) is 10.5 Å².